The van der Waals surface area contributed by atoms with E-state index in [-0.39, 0.29) is 16.7 Å². The molecule has 0 spiro atoms. The quantitative estimate of drug-likeness (QED) is 0.668. The number of hydrogen-bond donors (Lipinski definition) is 1. The molecule has 0 aliphatic heterocycles. The SMILES string of the molecule is Nc1ncc([N+](=O)[O-])c(Oc2ccc(Cl)cc2[N+](=O)[O-])n1. The third kappa shape index (κ3) is 3.12. The Kier molecular flexibility index (Phi) is 3.80. The number of nitrogen functional groups attached to an aromatic ring is 1. The van der Waals surface area contributed by atoms with Crippen molar-refractivity contribution >= 4 is 28.9 Å². The molecule has 0 aliphatic carbocycles. The van der Waals surface area contributed by atoms with E-state index in [2.05, 4.69) is 9.97 Å². The van der Waals surface area contributed by atoms with Crippen molar-refractivity contribution in [1.82, 2.24) is 9.97 Å². The van der Waals surface area contributed by atoms with Crippen molar-refractivity contribution in [3.63, 3.8) is 0 Å². The van der Waals surface area contributed by atoms with E-state index in [9.17, 15) is 20.2 Å². The fraction of sp³-hybridized carbons (Fsp3) is 0. The van der Waals surface area contributed by atoms with Crippen LogP contribution in [0.25, 0.3) is 0 Å². The minimum Gasteiger partial charge on any atom is -0.426 e. The highest BCUT2D eigenvalue weighted by molar-refractivity contribution is 6.30. The molecule has 0 amide bonds. The summed E-state index contributed by atoms with van der Waals surface area (Å²) in [5.74, 6) is -1.03. The van der Waals surface area contributed by atoms with E-state index >= 15 is 0 Å². The molecule has 0 aliphatic rings. The minimum absolute atomic E-state index is 0.116. The van der Waals surface area contributed by atoms with Crippen LogP contribution in [0, 0.1) is 20.2 Å². The first-order chi connectivity index (χ1) is 9.88. The number of nitrogens with two attached hydrogens (primary N) is 1. The summed E-state index contributed by atoms with van der Waals surface area (Å²) in [6, 6.07) is 3.58. The summed E-state index contributed by atoms with van der Waals surface area (Å²) >= 11 is 5.66. The number of halogens is 1. The Balaban J connectivity index is 2.50. The van der Waals surface area contributed by atoms with E-state index in [4.69, 9.17) is 22.1 Å². The molecule has 108 valence electrons. The smallest absolute Gasteiger partial charge is 0.349 e. The summed E-state index contributed by atoms with van der Waals surface area (Å²) < 4.78 is 5.13. The Bertz CT molecular complexity index is 738. The molecule has 2 rings (SSSR count). The Morgan fingerprint density at radius 1 is 1.19 bits per heavy atom. The zero-order chi connectivity index (χ0) is 15.6. The Morgan fingerprint density at radius 2 is 1.86 bits per heavy atom. The number of benzene rings is 1. The summed E-state index contributed by atoms with van der Waals surface area (Å²) in [4.78, 5) is 27.3. The van der Waals surface area contributed by atoms with Crippen LogP contribution in [-0.4, -0.2) is 19.8 Å². The maximum atomic E-state index is 10.9. The maximum absolute atomic E-state index is 10.9. The molecule has 0 fully saturated rings. The normalized spacial score (nSPS) is 10.1. The Labute approximate surface area is 121 Å². The van der Waals surface area contributed by atoms with Crippen LogP contribution in [0.3, 0.4) is 0 Å². The second kappa shape index (κ2) is 5.54. The van der Waals surface area contributed by atoms with Crippen LogP contribution in [-0.2, 0) is 0 Å². The molecule has 0 saturated carbocycles. The minimum atomic E-state index is -0.795. The molecule has 1 heterocycles. The Morgan fingerprint density at radius 3 is 2.48 bits per heavy atom. The summed E-state index contributed by atoms with van der Waals surface area (Å²) in [6.45, 7) is 0. The molecule has 0 radical (unpaired) electrons. The van der Waals surface area contributed by atoms with Crippen molar-refractivity contribution in [3.8, 4) is 11.6 Å². The number of rotatable bonds is 4. The van der Waals surface area contributed by atoms with E-state index in [0.717, 1.165) is 12.3 Å². The molecular formula is C10H6ClN5O5. The third-order valence-electron chi connectivity index (χ3n) is 2.28. The highest BCUT2D eigenvalue weighted by Crippen LogP contribution is 2.36. The summed E-state index contributed by atoms with van der Waals surface area (Å²) in [7, 11) is 0. The van der Waals surface area contributed by atoms with Crippen molar-refractivity contribution < 1.29 is 14.6 Å². The van der Waals surface area contributed by atoms with Gasteiger partial charge >= 0.3 is 17.3 Å². The molecule has 10 nitrogen and oxygen atoms in total. The highest BCUT2D eigenvalue weighted by Gasteiger charge is 2.23. The van der Waals surface area contributed by atoms with Gasteiger partial charge in [0.2, 0.25) is 11.7 Å². The fourth-order valence-electron chi connectivity index (χ4n) is 1.40. The van der Waals surface area contributed by atoms with Crippen LogP contribution in [0.5, 0.6) is 11.6 Å². The molecule has 11 heteroatoms. The van der Waals surface area contributed by atoms with Gasteiger partial charge in [0.15, 0.2) is 0 Å². The van der Waals surface area contributed by atoms with Crippen LogP contribution < -0.4 is 10.5 Å². The predicted molar refractivity (Wildman–Crippen MR) is 71.3 cm³/mol. The fourth-order valence-corrected chi connectivity index (χ4v) is 1.56. The van der Waals surface area contributed by atoms with Crippen LogP contribution >= 0.6 is 11.6 Å². The number of nitro groups is 2. The lowest BCUT2D eigenvalue weighted by molar-refractivity contribution is -0.387. The lowest BCUT2D eigenvalue weighted by Crippen LogP contribution is -2.02. The van der Waals surface area contributed by atoms with Gasteiger partial charge in [-0.25, -0.2) is 4.98 Å². The van der Waals surface area contributed by atoms with E-state index in [1.165, 1.54) is 12.1 Å². The molecule has 2 aromatic rings. The van der Waals surface area contributed by atoms with Crippen LogP contribution in [0.2, 0.25) is 5.02 Å². The number of ether oxygens (including phenoxy) is 1. The van der Waals surface area contributed by atoms with Crippen molar-refractivity contribution in [2.24, 2.45) is 0 Å². The monoisotopic (exact) mass is 311 g/mol. The van der Waals surface area contributed by atoms with Crippen molar-refractivity contribution in [3.05, 3.63) is 49.6 Å². The molecule has 0 bridgehead atoms. The van der Waals surface area contributed by atoms with Crippen molar-refractivity contribution in [2.45, 2.75) is 0 Å². The summed E-state index contributed by atoms with van der Waals surface area (Å²) in [6.07, 6.45) is 0.847. The van der Waals surface area contributed by atoms with Gasteiger partial charge < -0.3 is 10.5 Å². The first-order valence-electron chi connectivity index (χ1n) is 5.27. The summed E-state index contributed by atoms with van der Waals surface area (Å²) in [5, 5.41) is 21.9. The van der Waals surface area contributed by atoms with Crippen molar-refractivity contribution in [2.75, 3.05) is 5.73 Å². The van der Waals surface area contributed by atoms with Gasteiger partial charge in [-0.1, -0.05) is 11.6 Å². The Hall–Kier alpha value is -3.01. The van der Waals surface area contributed by atoms with Crippen LogP contribution in [0.1, 0.15) is 0 Å². The second-order valence-electron chi connectivity index (χ2n) is 3.65. The third-order valence-corrected chi connectivity index (χ3v) is 2.51. The van der Waals surface area contributed by atoms with Gasteiger partial charge in [-0.15, -0.1) is 0 Å². The lowest BCUT2D eigenvalue weighted by Gasteiger charge is -2.06. The van der Waals surface area contributed by atoms with Gasteiger partial charge in [-0.05, 0) is 12.1 Å². The van der Waals surface area contributed by atoms with Gasteiger partial charge in [0.1, 0.15) is 6.20 Å². The highest BCUT2D eigenvalue weighted by atomic mass is 35.5. The average molecular weight is 312 g/mol. The number of anilines is 1. The molecule has 1 aromatic carbocycles. The number of hydrogen-bond acceptors (Lipinski definition) is 8. The lowest BCUT2D eigenvalue weighted by atomic mass is 10.3. The van der Waals surface area contributed by atoms with E-state index in [1.54, 1.807) is 0 Å². The second-order valence-corrected chi connectivity index (χ2v) is 4.08. The zero-order valence-electron chi connectivity index (χ0n) is 10.1. The van der Waals surface area contributed by atoms with E-state index in [0.29, 0.717) is 0 Å². The van der Waals surface area contributed by atoms with E-state index in [1.807, 2.05) is 0 Å². The van der Waals surface area contributed by atoms with Crippen molar-refractivity contribution in [1.29, 1.82) is 0 Å². The van der Waals surface area contributed by atoms with Gasteiger partial charge in [0.05, 0.1) is 9.85 Å². The molecular weight excluding hydrogens is 306 g/mol. The maximum Gasteiger partial charge on any atom is 0.349 e. The van der Waals surface area contributed by atoms with Crippen LogP contribution in [0.4, 0.5) is 17.3 Å². The van der Waals surface area contributed by atoms with Gasteiger partial charge in [0.25, 0.3) is 0 Å². The molecule has 0 saturated heterocycles. The number of nitrogens with zero attached hydrogens (tertiary/aromatic N) is 4. The first kappa shape index (κ1) is 14.4. The number of aromatic nitrogens is 2. The summed E-state index contributed by atoms with van der Waals surface area (Å²) in [5.41, 5.74) is 4.28. The largest absolute Gasteiger partial charge is 0.426 e. The zero-order valence-corrected chi connectivity index (χ0v) is 10.9. The predicted octanol–water partition coefficient (Wildman–Crippen LogP) is 2.32. The molecule has 1 aromatic heterocycles. The van der Waals surface area contributed by atoms with Crippen LogP contribution in [0.15, 0.2) is 24.4 Å². The standard InChI is InChI=1S/C10H6ClN5O5/c11-5-1-2-8(6(3-5)15(17)18)21-9-7(16(19)20)4-13-10(12)14-9/h1-4H,(H2,12,13,14). The van der Waals surface area contributed by atoms with E-state index < -0.39 is 27.1 Å². The molecule has 0 unspecified atom stereocenters. The van der Waals surface area contributed by atoms with Gasteiger partial charge in [-0.3, -0.25) is 20.2 Å². The molecule has 21 heavy (non-hydrogen) atoms. The molecule has 0 atom stereocenters. The first-order valence-corrected chi connectivity index (χ1v) is 5.65. The average Bonchev–Trinajstić information content (AvgIpc) is 2.40. The molecule has 2 N–H and O–H groups in total. The number of nitro benzene ring substituents is 1. The topological polar surface area (TPSA) is 147 Å². The van der Waals surface area contributed by atoms with Gasteiger partial charge in [-0.2, -0.15) is 4.98 Å². The van der Waals surface area contributed by atoms with Gasteiger partial charge in [0, 0.05) is 11.1 Å².